The lowest BCUT2D eigenvalue weighted by atomic mass is 9.74. The zero-order valence-electron chi connectivity index (χ0n) is 12.7. The number of carbonyl (C=O) groups excluding carboxylic acids is 1. The van der Waals surface area contributed by atoms with Crippen molar-refractivity contribution < 1.29 is 18.3 Å². The molecule has 1 fully saturated rings. The van der Waals surface area contributed by atoms with Gasteiger partial charge >= 0.3 is 0 Å². The molecule has 0 radical (unpaired) electrons. The molecule has 0 saturated carbocycles. The van der Waals surface area contributed by atoms with E-state index in [9.17, 15) is 13.2 Å². The topological polar surface area (TPSA) is 101 Å². The zero-order valence-corrected chi connectivity index (χ0v) is 13.5. The summed E-state index contributed by atoms with van der Waals surface area (Å²) in [6.45, 7) is 7.00. The minimum atomic E-state index is -3.08. The van der Waals surface area contributed by atoms with Gasteiger partial charge in [0.2, 0.25) is 5.91 Å². The summed E-state index contributed by atoms with van der Waals surface area (Å²) in [5, 5.41) is 9.17. The summed E-state index contributed by atoms with van der Waals surface area (Å²) >= 11 is 0. The molecule has 1 aliphatic heterocycles. The molecule has 1 heterocycles. The molecule has 118 valence electrons. The van der Waals surface area contributed by atoms with E-state index in [2.05, 4.69) is 0 Å². The number of hydrogen-bond donors (Lipinski definition) is 2. The third-order valence-electron chi connectivity index (χ3n) is 4.40. The molecule has 1 unspecified atom stereocenters. The maximum atomic E-state index is 12.7. The fourth-order valence-corrected chi connectivity index (χ4v) is 3.94. The van der Waals surface area contributed by atoms with Crippen LogP contribution in [0.1, 0.15) is 34.1 Å². The van der Waals surface area contributed by atoms with E-state index < -0.39 is 20.8 Å². The Hall–Kier alpha value is -0.660. The number of aliphatic hydroxyl groups excluding tert-OH is 1. The summed E-state index contributed by atoms with van der Waals surface area (Å²) < 4.78 is 23.2. The van der Waals surface area contributed by atoms with Crippen molar-refractivity contribution in [2.45, 2.75) is 45.7 Å². The molecule has 0 aliphatic carbocycles. The van der Waals surface area contributed by atoms with Gasteiger partial charge in [0.05, 0.1) is 23.5 Å². The lowest BCUT2D eigenvalue weighted by Crippen LogP contribution is -2.58. The van der Waals surface area contributed by atoms with Gasteiger partial charge in [0.1, 0.15) is 0 Å². The number of sulfone groups is 1. The fraction of sp³-hybridized carbons (Fsp3) is 0.923. The van der Waals surface area contributed by atoms with Gasteiger partial charge in [-0.15, -0.1) is 0 Å². The number of carbonyl (C=O) groups is 1. The Bertz CT molecular complexity index is 465. The number of amides is 1. The number of rotatable bonds is 5. The van der Waals surface area contributed by atoms with Crippen LogP contribution in [0.2, 0.25) is 0 Å². The van der Waals surface area contributed by atoms with Crippen molar-refractivity contribution in [3.05, 3.63) is 0 Å². The SMILES string of the molecule is CC(C)(N)C(C)(C)C(=O)N(CCO)C1CCS(=O)(=O)C1. The second kappa shape index (κ2) is 5.61. The van der Waals surface area contributed by atoms with Crippen LogP contribution in [0.15, 0.2) is 0 Å². The molecule has 1 aliphatic rings. The second-order valence-corrected chi connectivity index (χ2v) is 8.85. The Morgan fingerprint density at radius 2 is 1.90 bits per heavy atom. The van der Waals surface area contributed by atoms with E-state index in [1.165, 1.54) is 4.90 Å². The molecular weight excluding hydrogens is 280 g/mol. The van der Waals surface area contributed by atoms with Gasteiger partial charge < -0.3 is 15.7 Å². The first kappa shape index (κ1) is 17.4. The summed E-state index contributed by atoms with van der Waals surface area (Å²) in [6, 6.07) is -0.360. The summed E-state index contributed by atoms with van der Waals surface area (Å²) in [6.07, 6.45) is 0.426. The fourth-order valence-electron chi connectivity index (χ4n) is 2.21. The van der Waals surface area contributed by atoms with E-state index in [4.69, 9.17) is 10.8 Å². The first-order valence-corrected chi connectivity index (χ1v) is 8.66. The van der Waals surface area contributed by atoms with Crippen LogP contribution < -0.4 is 5.73 Å². The van der Waals surface area contributed by atoms with Crippen LogP contribution in [0.3, 0.4) is 0 Å². The predicted octanol–water partition coefficient (Wildman–Crippen LogP) is -0.242. The van der Waals surface area contributed by atoms with Gasteiger partial charge in [0.15, 0.2) is 9.84 Å². The molecule has 1 amide bonds. The first-order valence-electron chi connectivity index (χ1n) is 6.83. The van der Waals surface area contributed by atoms with Gasteiger partial charge in [-0.1, -0.05) is 0 Å². The number of nitrogens with two attached hydrogens (primary N) is 1. The Balaban J connectivity index is 3.00. The normalized spacial score (nSPS) is 22.8. The molecule has 6 nitrogen and oxygen atoms in total. The van der Waals surface area contributed by atoms with Crippen molar-refractivity contribution in [1.29, 1.82) is 0 Å². The van der Waals surface area contributed by atoms with Crippen LogP contribution in [0, 0.1) is 5.41 Å². The van der Waals surface area contributed by atoms with Crippen molar-refractivity contribution in [3.63, 3.8) is 0 Å². The van der Waals surface area contributed by atoms with Crippen molar-refractivity contribution >= 4 is 15.7 Å². The highest BCUT2D eigenvalue weighted by Crippen LogP contribution is 2.32. The third kappa shape index (κ3) is 3.51. The third-order valence-corrected chi connectivity index (χ3v) is 6.15. The van der Waals surface area contributed by atoms with Gasteiger partial charge in [-0.25, -0.2) is 8.42 Å². The van der Waals surface area contributed by atoms with Gasteiger partial charge in [-0.2, -0.15) is 0 Å². The van der Waals surface area contributed by atoms with Crippen LogP contribution in [0.5, 0.6) is 0 Å². The maximum Gasteiger partial charge on any atom is 0.230 e. The Kier molecular flexibility index (Phi) is 4.88. The molecule has 1 atom stereocenters. The monoisotopic (exact) mass is 306 g/mol. The highest BCUT2D eigenvalue weighted by atomic mass is 32.2. The lowest BCUT2D eigenvalue weighted by molar-refractivity contribution is -0.146. The minimum Gasteiger partial charge on any atom is -0.395 e. The number of nitrogens with zero attached hydrogens (tertiary/aromatic N) is 1. The van der Waals surface area contributed by atoms with E-state index in [1.54, 1.807) is 27.7 Å². The standard InChI is InChI=1S/C13H26N2O4S/c1-12(2,13(3,4)14)11(17)15(6-7-16)10-5-8-20(18,19)9-10/h10,16H,5-9,14H2,1-4H3. The molecule has 1 saturated heterocycles. The number of aliphatic hydroxyl groups is 1. The van der Waals surface area contributed by atoms with Crippen LogP contribution in [-0.4, -0.2) is 60.6 Å². The van der Waals surface area contributed by atoms with Gasteiger partial charge in [0.25, 0.3) is 0 Å². The highest BCUT2D eigenvalue weighted by molar-refractivity contribution is 7.91. The van der Waals surface area contributed by atoms with Gasteiger partial charge in [-0.3, -0.25) is 4.79 Å². The molecule has 0 aromatic carbocycles. The predicted molar refractivity (Wildman–Crippen MR) is 77.9 cm³/mol. The van der Waals surface area contributed by atoms with Gasteiger partial charge in [0, 0.05) is 18.1 Å². The smallest absolute Gasteiger partial charge is 0.230 e. The van der Waals surface area contributed by atoms with E-state index in [1.807, 2.05) is 0 Å². The summed E-state index contributed by atoms with van der Waals surface area (Å²) in [4.78, 5) is 14.2. The Morgan fingerprint density at radius 3 is 2.25 bits per heavy atom. The Morgan fingerprint density at radius 1 is 1.35 bits per heavy atom. The molecule has 20 heavy (non-hydrogen) atoms. The average Bonchev–Trinajstić information content (AvgIpc) is 2.64. The average molecular weight is 306 g/mol. The Labute approximate surface area is 121 Å². The summed E-state index contributed by atoms with van der Waals surface area (Å²) in [5.74, 6) is -0.139. The minimum absolute atomic E-state index is 0.0280. The van der Waals surface area contributed by atoms with E-state index in [0.29, 0.717) is 6.42 Å². The van der Waals surface area contributed by atoms with Crippen molar-refractivity contribution in [2.75, 3.05) is 24.7 Å². The van der Waals surface area contributed by atoms with Crippen LogP contribution in [0.25, 0.3) is 0 Å². The zero-order chi connectivity index (χ0) is 15.8. The molecule has 7 heteroatoms. The summed E-state index contributed by atoms with van der Waals surface area (Å²) in [7, 11) is -3.08. The quantitative estimate of drug-likeness (QED) is 0.730. The second-order valence-electron chi connectivity index (χ2n) is 6.63. The molecule has 0 bridgehead atoms. The van der Waals surface area contributed by atoms with Crippen molar-refractivity contribution in [3.8, 4) is 0 Å². The van der Waals surface area contributed by atoms with E-state index >= 15 is 0 Å². The molecule has 3 N–H and O–H groups in total. The summed E-state index contributed by atoms with van der Waals surface area (Å²) in [5.41, 5.74) is 4.49. The van der Waals surface area contributed by atoms with Crippen LogP contribution in [-0.2, 0) is 14.6 Å². The molecule has 0 aromatic heterocycles. The van der Waals surface area contributed by atoms with Crippen LogP contribution >= 0.6 is 0 Å². The largest absolute Gasteiger partial charge is 0.395 e. The first-order chi connectivity index (χ1) is 8.92. The van der Waals surface area contributed by atoms with Gasteiger partial charge in [-0.05, 0) is 34.1 Å². The van der Waals surface area contributed by atoms with Crippen LogP contribution in [0.4, 0.5) is 0 Å². The number of hydrogen-bond acceptors (Lipinski definition) is 5. The van der Waals surface area contributed by atoms with Crippen molar-refractivity contribution in [2.24, 2.45) is 11.1 Å². The van der Waals surface area contributed by atoms with E-state index in [0.717, 1.165) is 0 Å². The molecule has 1 rings (SSSR count). The molecular formula is C13H26N2O4S. The lowest BCUT2D eigenvalue weighted by Gasteiger charge is -2.42. The molecule has 0 aromatic rings. The maximum absolute atomic E-state index is 12.7. The highest BCUT2D eigenvalue weighted by Gasteiger charge is 2.45. The molecule has 0 spiro atoms. The van der Waals surface area contributed by atoms with Crippen molar-refractivity contribution in [1.82, 2.24) is 4.90 Å². The van der Waals surface area contributed by atoms with E-state index in [-0.39, 0.29) is 36.6 Å².